The van der Waals surface area contributed by atoms with Gasteiger partial charge < -0.3 is 4.42 Å². The van der Waals surface area contributed by atoms with Crippen molar-refractivity contribution >= 4 is 33.0 Å². The Morgan fingerprint density at radius 3 is 1.87 bits per heavy atom. The minimum atomic E-state index is -1.42. The van der Waals surface area contributed by atoms with E-state index in [2.05, 4.69) is 142 Å². The van der Waals surface area contributed by atoms with Crippen LogP contribution in [0.4, 0.5) is 0 Å². The average Bonchev–Trinajstić information content (AvgIpc) is 3.68. The Labute approximate surface area is 317 Å². The largest absolute Gasteiger partial charge is 0.455 e. The summed E-state index contributed by atoms with van der Waals surface area (Å²) in [4.78, 5) is 0. The second-order valence-corrected chi connectivity index (χ2v) is 16.3. The molecule has 3 nitrogen and oxygen atoms in total. The SMILES string of the molecule is [2H]C([2H])(c1ccc(-c2ccc(-c3cc(C(C)C)c(-n4c(-c5c(C)ccc6c5oc5ccccc56)[n+](C)c5ccccc54)c(C(C)C)c3)cc2)cc1)C(C)(C)C. The number of rotatable bonds is 7. The van der Waals surface area contributed by atoms with Gasteiger partial charge in [0, 0.05) is 24.6 Å². The monoisotopic (exact) mass is 697 g/mol. The zero-order valence-electron chi connectivity index (χ0n) is 34.5. The second-order valence-electron chi connectivity index (χ2n) is 16.3. The summed E-state index contributed by atoms with van der Waals surface area (Å²) >= 11 is 0. The average molecular weight is 698 g/mol. The van der Waals surface area contributed by atoms with Gasteiger partial charge in [-0.15, -0.1) is 0 Å². The third-order valence-electron chi connectivity index (χ3n) is 10.6. The van der Waals surface area contributed by atoms with Gasteiger partial charge in [-0.05, 0) is 94.3 Å². The first-order chi connectivity index (χ1) is 26.2. The van der Waals surface area contributed by atoms with Gasteiger partial charge in [-0.2, -0.15) is 4.57 Å². The molecule has 0 aliphatic carbocycles. The van der Waals surface area contributed by atoms with Crippen molar-refractivity contribution in [1.82, 2.24) is 4.57 Å². The van der Waals surface area contributed by atoms with E-state index in [0.717, 1.165) is 55.5 Å². The van der Waals surface area contributed by atoms with Crippen molar-refractivity contribution in [2.24, 2.45) is 12.5 Å². The predicted octanol–water partition coefficient (Wildman–Crippen LogP) is 13.5. The highest BCUT2D eigenvalue weighted by atomic mass is 16.3. The summed E-state index contributed by atoms with van der Waals surface area (Å²) in [7, 11) is 2.18. The number of aromatic nitrogens is 2. The van der Waals surface area contributed by atoms with Crippen LogP contribution >= 0.6 is 0 Å². The zero-order chi connectivity index (χ0) is 39.0. The predicted molar refractivity (Wildman–Crippen MR) is 224 cm³/mol. The summed E-state index contributed by atoms with van der Waals surface area (Å²) in [6.45, 7) is 17.3. The maximum Gasteiger partial charge on any atom is 0.299 e. The highest BCUT2D eigenvalue weighted by molar-refractivity contribution is 6.10. The molecule has 3 heteroatoms. The Balaban J connectivity index is 1.30. The van der Waals surface area contributed by atoms with Crippen LogP contribution < -0.4 is 4.57 Å². The Hall–Kier alpha value is -5.41. The van der Waals surface area contributed by atoms with Gasteiger partial charge in [-0.25, -0.2) is 4.57 Å². The Kier molecular flexibility index (Phi) is 8.05. The minimum absolute atomic E-state index is 0.252. The fourth-order valence-electron chi connectivity index (χ4n) is 8.01. The van der Waals surface area contributed by atoms with Crippen molar-refractivity contribution < 1.29 is 11.7 Å². The lowest BCUT2D eigenvalue weighted by Gasteiger charge is -2.21. The van der Waals surface area contributed by atoms with Crippen molar-refractivity contribution in [2.45, 2.75) is 73.6 Å². The van der Waals surface area contributed by atoms with E-state index in [1.807, 2.05) is 51.1 Å². The standard InChI is InChI=1S/C50H51N2O/c1-31(2)41-28-38(37-25-23-36(24-26-37)35-21-19-34(20-22-35)30-50(6,7)8)29-42(32(3)4)47(41)52-44-16-12-11-15-43(44)51(9)49(52)46-33(5)18-27-40-39-14-10-13-17-45(39)53-48(40)46/h10-29,31-32H,30H2,1-9H3/q+1/i30D2. The summed E-state index contributed by atoms with van der Waals surface area (Å²) in [5.74, 6) is 1.61. The molecule has 0 radical (unpaired) electrons. The number of benzene rings is 6. The topological polar surface area (TPSA) is 21.9 Å². The van der Waals surface area contributed by atoms with E-state index in [1.165, 1.54) is 33.5 Å². The normalized spacial score (nSPS) is 13.1. The number of fused-ring (bicyclic) bond motifs is 4. The number of nitrogens with zero attached hydrogens (tertiary/aromatic N) is 2. The van der Waals surface area contributed by atoms with Gasteiger partial charge in [0.05, 0.1) is 7.05 Å². The molecule has 8 rings (SSSR count). The van der Waals surface area contributed by atoms with Crippen LogP contribution in [0.25, 0.3) is 72.3 Å². The minimum Gasteiger partial charge on any atom is -0.455 e. The lowest BCUT2D eigenvalue weighted by molar-refractivity contribution is -0.633. The van der Waals surface area contributed by atoms with Crippen molar-refractivity contribution in [2.75, 3.05) is 0 Å². The number of hydrogen-bond acceptors (Lipinski definition) is 1. The molecule has 266 valence electrons. The molecule has 0 fully saturated rings. The highest BCUT2D eigenvalue weighted by Gasteiger charge is 2.34. The number of imidazole rings is 1. The summed E-state index contributed by atoms with van der Waals surface area (Å²) in [5, 5.41) is 2.26. The van der Waals surface area contributed by atoms with E-state index in [4.69, 9.17) is 7.16 Å². The Morgan fingerprint density at radius 2 is 1.25 bits per heavy atom. The van der Waals surface area contributed by atoms with Gasteiger partial charge in [0.15, 0.2) is 16.6 Å². The first kappa shape index (κ1) is 32.3. The van der Waals surface area contributed by atoms with Crippen LogP contribution in [0.5, 0.6) is 0 Å². The van der Waals surface area contributed by atoms with Gasteiger partial charge in [0.25, 0.3) is 5.82 Å². The second kappa shape index (κ2) is 13.2. The van der Waals surface area contributed by atoms with Gasteiger partial charge in [0.2, 0.25) is 0 Å². The molecule has 0 bridgehead atoms. The summed E-state index contributed by atoms with van der Waals surface area (Å²) in [6.07, 6.45) is -1.42. The Morgan fingerprint density at radius 1 is 0.679 bits per heavy atom. The van der Waals surface area contributed by atoms with Crippen LogP contribution in [0.15, 0.2) is 126 Å². The van der Waals surface area contributed by atoms with Gasteiger partial charge in [-0.3, -0.25) is 0 Å². The van der Waals surface area contributed by atoms with Crippen molar-refractivity contribution in [1.29, 1.82) is 0 Å². The van der Waals surface area contributed by atoms with E-state index in [0.29, 0.717) is 5.56 Å². The molecule has 2 aromatic heterocycles. The molecule has 0 N–H and O–H groups in total. The molecule has 0 amide bonds. The van der Waals surface area contributed by atoms with E-state index >= 15 is 0 Å². The van der Waals surface area contributed by atoms with Crippen molar-refractivity contribution in [3.63, 3.8) is 0 Å². The molecule has 8 aromatic rings. The number of hydrogen-bond donors (Lipinski definition) is 0. The molecule has 0 spiro atoms. The molecule has 0 aliphatic rings. The Bertz CT molecular complexity index is 2690. The summed E-state index contributed by atoms with van der Waals surface area (Å²) < 4.78 is 29.0. The van der Waals surface area contributed by atoms with Crippen molar-refractivity contribution in [3.8, 4) is 39.3 Å². The van der Waals surface area contributed by atoms with Crippen LogP contribution in [0.2, 0.25) is 0 Å². The molecular weight excluding hydrogens is 645 g/mol. The van der Waals surface area contributed by atoms with Crippen LogP contribution in [-0.4, -0.2) is 4.57 Å². The molecule has 0 saturated carbocycles. The molecule has 6 aromatic carbocycles. The van der Waals surface area contributed by atoms with E-state index in [9.17, 15) is 0 Å². The first-order valence-corrected chi connectivity index (χ1v) is 19.0. The first-order valence-electron chi connectivity index (χ1n) is 20.0. The molecular formula is C50H51N2O+. The van der Waals surface area contributed by atoms with E-state index < -0.39 is 11.8 Å². The van der Waals surface area contributed by atoms with Crippen LogP contribution in [0, 0.1) is 12.3 Å². The maximum absolute atomic E-state index is 8.70. The van der Waals surface area contributed by atoms with Gasteiger partial charge in [0.1, 0.15) is 16.8 Å². The van der Waals surface area contributed by atoms with E-state index in [1.54, 1.807) is 0 Å². The van der Waals surface area contributed by atoms with Crippen LogP contribution in [0.1, 0.15) is 85.3 Å². The summed E-state index contributed by atoms with van der Waals surface area (Å²) in [5.41, 5.74) is 15.0. The number of aryl methyl sites for hydroxylation is 2. The highest BCUT2D eigenvalue weighted by Crippen LogP contribution is 2.43. The molecule has 0 saturated heterocycles. The fraction of sp³-hybridized carbons (Fsp3) is 0.260. The molecule has 2 heterocycles. The third kappa shape index (κ3) is 6.16. The molecule has 0 aliphatic heterocycles. The van der Waals surface area contributed by atoms with Crippen molar-refractivity contribution in [3.05, 3.63) is 144 Å². The van der Waals surface area contributed by atoms with Gasteiger partial charge in [-0.1, -0.05) is 139 Å². The molecule has 0 atom stereocenters. The maximum atomic E-state index is 8.70. The fourth-order valence-corrected chi connectivity index (χ4v) is 8.01. The van der Waals surface area contributed by atoms with Crippen LogP contribution in [0.3, 0.4) is 0 Å². The number of furan rings is 1. The van der Waals surface area contributed by atoms with E-state index in [-0.39, 0.29) is 11.8 Å². The lowest BCUT2D eigenvalue weighted by Crippen LogP contribution is -2.30. The van der Waals surface area contributed by atoms with Crippen LogP contribution in [-0.2, 0) is 13.4 Å². The summed E-state index contributed by atoms with van der Waals surface area (Å²) in [6, 6.07) is 43.1. The molecule has 0 unspecified atom stereocenters. The smallest absolute Gasteiger partial charge is 0.299 e. The molecule has 53 heavy (non-hydrogen) atoms. The quantitative estimate of drug-likeness (QED) is 0.152. The third-order valence-corrected chi connectivity index (χ3v) is 10.6. The number of para-hydroxylation sites is 3. The zero-order valence-corrected chi connectivity index (χ0v) is 32.5. The van der Waals surface area contributed by atoms with Gasteiger partial charge >= 0.3 is 0 Å². The lowest BCUT2D eigenvalue weighted by atomic mass is 9.87.